The summed E-state index contributed by atoms with van der Waals surface area (Å²) < 4.78 is 67.9. The summed E-state index contributed by atoms with van der Waals surface area (Å²) in [4.78, 5) is 68.6. The molecule has 2 saturated carbocycles. The summed E-state index contributed by atoms with van der Waals surface area (Å²) in [6, 6.07) is 9.16. The number of ether oxygens (including phenoxy) is 2. The number of likely N-dealkylation sites (tertiary alicyclic amines) is 2. The van der Waals surface area contributed by atoms with E-state index < -0.39 is 92.6 Å². The number of carbonyl (C=O) groups is 4. The summed E-state index contributed by atoms with van der Waals surface area (Å²) in [5.74, 6) is -6.37. The lowest BCUT2D eigenvalue weighted by Crippen LogP contribution is -2.57. The molecular weight excluding hydrogens is 822 g/mol. The van der Waals surface area contributed by atoms with Crippen LogP contribution in [0.1, 0.15) is 65.7 Å². The van der Waals surface area contributed by atoms with Crippen LogP contribution in [0.15, 0.2) is 55.3 Å². The van der Waals surface area contributed by atoms with Gasteiger partial charge in [-0.3, -0.25) is 28.9 Å². The van der Waals surface area contributed by atoms with E-state index in [9.17, 15) is 36.4 Å². The van der Waals surface area contributed by atoms with Crippen molar-refractivity contribution in [1.29, 1.82) is 0 Å². The first kappa shape index (κ1) is 43.2. The minimum absolute atomic E-state index is 0.0625. The van der Waals surface area contributed by atoms with Gasteiger partial charge >= 0.3 is 0 Å². The Bertz CT molecular complexity index is 2320. The van der Waals surface area contributed by atoms with E-state index in [0.29, 0.717) is 46.6 Å². The van der Waals surface area contributed by atoms with Crippen molar-refractivity contribution in [2.45, 2.75) is 94.6 Å². The van der Waals surface area contributed by atoms with Gasteiger partial charge in [-0.15, -0.1) is 6.58 Å². The molecule has 4 aliphatic rings. The van der Waals surface area contributed by atoms with E-state index in [-0.39, 0.29) is 43.9 Å². The number of hydrogen-bond acceptors (Lipinski definition) is 10. The number of pyridine rings is 2. The Morgan fingerprint density at radius 1 is 1.08 bits per heavy atom. The topological polar surface area (TPSA) is 177 Å². The number of alkyl halides is 2. The van der Waals surface area contributed by atoms with Crippen LogP contribution in [-0.4, -0.2) is 107 Å². The number of nitrogens with one attached hydrogen (secondary N) is 2. The fourth-order valence-corrected chi connectivity index (χ4v) is 9.68. The van der Waals surface area contributed by atoms with Crippen LogP contribution in [0.2, 0.25) is 5.02 Å². The largest absolute Gasteiger partial charge is 0.495 e. The molecule has 2 aliphatic heterocycles. The van der Waals surface area contributed by atoms with Crippen LogP contribution in [0.5, 0.6) is 11.5 Å². The molecule has 0 bridgehead atoms. The zero-order valence-corrected chi connectivity index (χ0v) is 35.5. The van der Waals surface area contributed by atoms with Crippen molar-refractivity contribution in [3.63, 3.8) is 0 Å². The first-order valence-corrected chi connectivity index (χ1v) is 21.9. The lowest BCUT2D eigenvalue weighted by Gasteiger charge is -2.37. The summed E-state index contributed by atoms with van der Waals surface area (Å²) in [6.07, 6.45) is 1.87. The van der Waals surface area contributed by atoms with Gasteiger partial charge in [-0.25, -0.2) is 22.2 Å². The number of methoxy groups -OCH3 is 1. The minimum atomic E-state index is -3.96. The highest BCUT2D eigenvalue weighted by Crippen LogP contribution is 2.46. The van der Waals surface area contributed by atoms with Gasteiger partial charge < -0.3 is 24.6 Å². The molecule has 1 unspecified atom stereocenters. The van der Waals surface area contributed by atoms with E-state index in [0.717, 1.165) is 0 Å². The fraction of sp³-hybridized carbons (Fsp3) is 0.524. The van der Waals surface area contributed by atoms with Gasteiger partial charge in [-0.2, -0.15) is 0 Å². The second-order valence-corrected chi connectivity index (χ2v) is 19.6. The molecule has 4 amide bonds. The molecule has 2 aromatic heterocycles. The van der Waals surface area contributed by atoms with Crippen LogP contribution in [0, 0.1) is 17.3 Å². The molecule has 0 spiro atoms. The Labute approximate surface area is 352 Å². The number of rotatable bonds is 13. The quantitative estimate of drug-likeness (QED) is 0.215. The molecule has 0 radical (unpaired) electrons. The van der Waals surface area contributed by atoms with Crippen LogP contribution in [0.4, 0.5) is 8.78 Å². The molecule has 18 heteroatoms. The Balaban J connectivity index is 1.22. The first-order valence-electron chi connectivity index (χ1n) is 20.0. The number of fused-ring (bicyclic) bond motifs is 1. The Kier molecular flexibility index (Phi) is 11.6. The molecule has 7 rings (SSSR count). The number of sulfonamides is 1. The van der Waals surface area contributed by atoms with E-state index >= 15 is 0 Å². The lowest BCUT2D eigenvalue weighted by molar-refractivity contribution is -0.150. The third kappa shape index (κ3) is 8.78. The molecule has 14 nitrogen and oxygen atoms in total. The second kappa shape index (κ2) is 16.2. The lowest BCUT2D eigenvalue weighted by atomic mass is 9.77. The van der Waals surface area contributed by atoms with E-state index in [2.05, 4.69) is 21.6 Å². The normalized spacial score (nSPS) is 24.4. The van der Waals surface area contributed by atoms with Gasteiger partial charge in [-0.05, 0) is 48.9 Å². The third-order valence-corrected chi connectivity index (χ3v) is 14.1. The Hall–Kier alpha value is -4.90. The van der Waals surface area contributed by atoms with Crippen LogP contribution in [0.25, 0.3) is 22.3 Å². The highest BCUT2D eigenvalue weighted by Gasteiger charge is 2.62. The predicted molar refractivity (Wildman–Crippen MR) is 219 cm³/mol. The first-order chi connectivity index (χ1) is 28.3. The van der Waals surface area contributed by atoms with Crippen LogP contribution >= 0.6 is 11.6 Å². The van der Waals surface area contributed by atoms with E-state index in [1.54, 1.807) is 63.4 Å². The Morgan fingerprint density at radius 2 is 1.80 bits per heavy atom. The number of benzene rings is 1. The van der Waals surface area contributed by atoms with Gasteiger partial charge in [0.25, 0.3) is 11.8 Å². The van der Waals surface area contributed by atoms with Crippen molar-refractivity contribution >= 4 is 56.2 Å². The highest BCUT2D eigenvalue weighted by atomic mass is 35.5. The number of aromatic nitrogens is 2. The molecule has 4 heterocycles. The maximum Gasteiger partial charge on any atom is 0.259 e. The van der Waals surface area contributed by atoms with Crippen molar-refractivity contribution in [3.05, 3.63) is 60.3 Å². The van der Waals surface area contributed by atoms with Gasteiger partial charge in [0, 0.05) is 62.3 Å². The average Bonchev–Trinajstić information content (AvgIpc) is 4.13. The molecule has 1 aromatic carbocycles. The molecular formula is C42H49ClF2N6O8S. The molecule has 3 aromatic rings. The number of amides is 4. The smallest absolute Gasteiger partial charge is 0.259 e. The van der Waals surface area contributed by atoms with Gasteiger partial charge in [0.05, 0.1) is 41.7 Å². The van der Waals surface area contributed by atoms with E-state index in [1.165, 1.54) is 23.0 Å². The molecule has 322 valence electrons. The fourth-order valence-electron chi connectivity index (χ4n) is 8.03. The van der Waals surface area contributed by atoms with Gasteiger partial charge in [0.2, 0.25) is 27.7 Å². The number of carbonyl (C=O) groups excluding carboxylic acids is 4. The molecule has 2 aliphatic carbocycles. The van der Waals surface area contributed by atoms with Crippen LogP contribution < -0.4 is 19.5 Å². The van der Waals surface area contributed by atoms with Crippen LogP contribution in [-0.2, 0) is 29.2 Å². The van der Waals surface area contributed by atoms with Crippen LogP contribution in [0.3, 0.4) is 0 Å². The van der Waals surface area contributed by atoms with Crippen molar-refractivity contribution in [1.82, 2.24) is 29.8 Å². The van der Waals surface area contributed by atoms with Gasteiger partial charge in [0.15, 0.2) is 0 Å². The zero-order valence-electron chi connectivity index (χ0n) is 33.9. The van der Waals surface area contributed by atoms with Crippen molar-refractivity contribution in [3.8, 4) is 22.9 Å². The molecule has 2 saturated heterocycles. The summed E-state index contributed by atoms with van der Waals surface area (Å²) in [5, 5.41) is 2.83. The predicted octanol–water partition coefficient (Wildman–Crippen LogP) is 5.29. The SMILES string of the molecule is C=CC1C[C@]1(NC(=O)[C@@H]1C[C@@H](Oc2cc(-c3ccccn3)nc3c(Cl)c(OC)ccc23)CN1C(=O)[C@@H](CC(=O)N1CCC(F)(F)CC1)C(C)(C)C)C(=O)NS(=O)(=O)C1CC1. The molecule has 5 atom stereocenters. The summed E-state index contributed by atoms with van der Waals surface area (Å²) in [7, 11) is -2.49. The maximum absolute atomic E-state index is 14.9. The van der Waals surface area contributed by atoms with E-state index in [1.807, 2.05) is 0 Å². The highest BCUT2D eigenvalue weighted by molar-refractivity contribution is 7.91. The zero-order chi connectivity index (χ0) is 43.4. The number of nitrogens with zero attached hydrogens (tertiary/aromatic N) is 4. The number of hydrogen-bond donors (Lipinski definition) is 2. The second-order valence-electron chi connectivity index (χ2n) is 17.2. The minimum Gasteiger partial charge on any atom is -0.495 e. The van der Waals surface area contributed by atoms with Crippen molar-refractivity contribution in [2.75, 3.05) is 26.7 Å². The standard InChI is InChI=1S/C42H49ClF2N6O8S/c1-6-24-22-42(24,39(55)49-60(56,57)26-10-11-26)48-37(53)31-19-25(23-51(31)38(54)28(40(2,3)4)20-34(52)50-17-14-41(44,45)15-18-50)59-33-21-30(29-9-7-8-16-46-29)47-36-27(33)12-13-32(58-5)35(36)43/h6-9,12-13,16,21,24-26,28,31H,1,10-11,14-15,17-20,22-23H2,2-5H3,(H,48,53)(H,49,55)/t24?,25-,28-,31+,42-/m1/s1. The number of piperidine rings is 1. The monoisotopic (exact) mass is 870 g/mol. The third-order valence-electron chi connectivity index (χ3n) is 12.0. The maximum atomic E-state index is 14.9. The van der Waals surface area contributed by atoms with Gasteiger partial charge in [0.1, 0.15) is 34.2 Å². The molecule has 2 N–H and O–H groups in total. The van der Waals surface area contributed by atoms with Gasteiger partial charge in [-0.1, -0.05) is 44.5 Å². The van der Waals surface area contributed by atoms with Crippen molar-refractivity contribution < 1.29 is 45.9 Å². The van der Waals surface area contributed by atoms with E-state index in [4.69, 9.17) is 26.1 Å². The molecule has 60 heavy (non-hydrogen) atoms. The summed E-state index contributed by atoms with van der Waals surface area (Å²) >= 11 is 6.77. The molecule has 4 fully saturated rings. The number of halogens is 3. The average molecular weight is 871 g/mol. The Morgan fingerprint density at radius 3 is 2.40 bits per heavy atom. The summed E-state index contributed by atoms with van der Waals surface area (Å²) in [6.45, 7) is 8.70. The van der Waals surface area contributed by atoms with Crippen molar-refractivity contribution in [2.24, 2.45) is 17.3 Å². The summed E-state index contributed by atoms with van der Waals surface area (Å²) in [5.41, 5.74) is -1.15.